The van der Waals surface area contributed by atoms with E-state index in [0.29, 0.717) is 25.2 Å². The van der Waals surface area contributed by atoms with Gasteiger partial charge >= 0.3 is 5.97 Å². The van der Waals surface area contributed by atoms with E-state index in [0.717, 1.165) is 24.8 Å². The number of allylic oxidation sites excluding steroid dienone is 1. The molecule has 0 aromatic heterocycles. The van der Waals surface area contributed by atoms with Crippen LogP contribution < -0.4 is 5.11 Å². The van der Waals surface area contributed by atoms with Gasteiger partial charge in [0.1, 0.15) is 5.60 Å². The zero-order chi connectivity index (χ0) is 17.1. The number of carboxylic acids is 1. The summed E-state index contributed by atoms with van der Waals surface area (Å²) in [5.41, 5.74) is -1.12. The van der Waals surface area contributed by atoms with Gasteiger partial charge in [-0.3, -0.25) is 4.79 Å². The third-order valence-electron chi connectivity index (χ3n) is 8.45. The van der Waals surface area contributed by atoms with Crippen molar-refractivity contribution in [2.45, 2.75) is 57.2 Å². The van der Waals surface area contributed by atoms with Crippen LogP contribution in [0, 0.1) is 34.5 Å². The Balaban J connectivity index is 1.76. The molecule has 5 aliphatic rings. The van der Waals surface area contributed by atoms with E-state index < -0.39 is 46.3 Å². The molecule has 1 N–H and O–H groups in total. The minimum absolute atomic E-state index is 0.0478. The molecule has 1 saturated heterocycles. The Labute approximate surface area is 141 Å². The van der Waals surface area contributed by atoms with Crippen LogP contribution in [-0.4, -0.2) is 28.8 Å². The number of carboxylic acid groups (broad SMARTS) is 1. The molecule has 24 heavy (non-hydrogen) atoms. The summed E-state index contributed by atoms with van der Waals surface area (Å²) in [5, 5.41) is 22.9. The van der Waals surface area contributed by atoms with Gasteiger partial charge in [-0.1, -0.05) is 12.2 Å². The lowest BCUT2D eigenvalue weighted by molar-refractivity contribution is -0.318. The maximum absolute atomic E-state index is 12.7. The molecule has 0 radical (unpaired) electrons. The lowest BCUT2D eigenvalue weighted by Gasteiger charge is -2.44. The fraction of sp³-hybridized carbons (Fsp3) is 0.789. The molecule has 5 heteroatoms. The highest BCUT2D eigenvalue weighted by molar-refractivity contribution is 5.85. The van der Waals surface area contributed by atoms with Gasteiger partial charge < -0.3 is 19.7 Å². The Kier molecular flexibility index (Phi) is 2.53. The first-order valence-corrected chi connectivity index (χ1v) is 9.07. The van der Waals surface area contributed by atoms with Crippen LogP contribution in [0.1, 0.15) is 45.4 Å². The van der Waals surface area contributed by atoms with Gasteiger partial charge in [0, 0.05) is 23.7 Å². The van der Waals surface area contributed by atoms with Gasteiger partial charge in [-0.15, -0.1) is 0 Å². The molecule has 5 fully saturated rings. The number of aliphatic hydroxyl groups excluding tert-OH is 1. The molecule has 8 atom stereocenters. The van der Waals surface area contributed by atoms with Crippen LogP contribution in [0.4, 0.5) is 0 Å². The molecule has 4 aliphatic carbocycles. The summed E-state index contributed by atoms with van der Waals surface area (Å²) in [4.78, 5) is 25.0. The van der Waals surface area contributed by atoms with E-state index in [4.69, 9.17) is 4.74 Å². The standard InChI is InChI=1S/C19H24O5/c1-9-7-18-8-10(9)3-4-11(18)19-6-5-12(20)17(2,16(23)24-19)14(19)13(18)15(21)22/h10-14,20H,1,3-8H2,2H3,(H,21,22)/p-1/t10-,11-,12+,13-,14-,17-,18+,19-/m1/s1. The molecule has 0 aromatic carbocycles. The highest BCUT2D eigenvalue weighted by Gasteiger charge is 2.81. The molecule has 1 aliphatic heterocycles. The largest absolute Gasteiger partial charge is 0.550 e. The van der Waals surface area contributed by atoms with Gasteiger partial charge in [-0.25, -0.2) is 0 Å². The molecule has 4 saturated carbocycles. The summed E-state index contributed by atoms with van der Waals surface area (Å²) in [6.45, 7) is 5.90. The van der Waals surface area contributed by atoms with Gasteiger partial charge in [0.15, 0.2) is 0 Å². The number of rotatable bonds is 1. The van der Waals surface area contributed by atoms with Crippen LogP contribution >= 0.6 is 0 Å². The summed E-state index contributed by atoms with van der Waals surface area (Å²) in [5.74, 6) is -2.30. The maximum atomic E-state index is 12.7. The molecule has 0 amide bonds. The molecule has 1 heterocycles. The Bertz CT molecular complexity index is 685. The fourth-order valence-corrected chi connectivity index (χ4v) is 7.64. The van der Waals surface area contributed by atoms with E-state index in [1.165, 1.54) is 0 Å². The topological polar surface area (TPSA) is 86.7 Å². The third-order valence-corrected chi connectivity index (χ3v) is 8.45. The van der Waals surface area contributed by atoms with Crippen molar-refractivity contribution in [3.05, 3.63) is 12.2 Å². The van der Waals surface area contributed by atoms with Crippen molar-refractivity contribution in [2.24, 2.45) is 34.5 Å². The van der Waals surface area contributed by atoms with Gasteiger partial charge in [-0.05, 0) is 56.8 Å². The molecule has 0 unspecified atom stereocenters. The minimum atomic E-state index is -1.13. The predicted octanol–water partition coefficient (Wildman–Crippen LogP) is 0.801. The summed E-state index contributed by atoms with van der Waals surface area (Å²) in [7, 11) is 0. The summed E-state index contributed by atoms with van der Waals surface area (Å²) >= 11 is 0. The van der Waals surface area contributed by atoms with Crippen molar-refractivity contribution in [3.63, 3.8) is 0 Å². The molecule has 5 rings (SSSR count). The van der Waals surface area contributed by atoms with Gasteiger partial charge in [0.2, 0.25) is 0 Å². The molecule has 0 aromatic rings. The van der Waals surface area contributed by atoms with Crippen molar-refractivity contribution in [1.82, 2.24) is 0 Å². The van der Waals surface area contributed by atoms with Crippen molar-refractivity contribution in [3.8, 4) is 0 Å². The molecular weight excluding hydrogens is 308 g/mol. The van der Waals surface area contributed by atoms with Crippen LogP contribution in [0.2, 0.25) is 0 Å². The predicted molar refractivity (Wildman–Crippen MR) is 81.2 cm³/mol. The van der Waals surface area contributed by atoms with E-state index in [2.05, 4.69) is 6.58 Å². The number of carbonyl (C=O) groups is 2. The molecule has 130 valence electrons. The monoisotopic (exact) mass is 331 g/mol. The van der Waals surface area contributed by atoms with E-state index in [1.807, 2.05) is 0 Å². The first-order chi connectivity index (χ1) is 11.3. The van der Waals surface area contributed by atoms with E-state index >= 15 is 0 Å². The second-order valence-corrected chi connectivity index (χ2v) is 9.06. The number of aliphatic carboxylic acids is 1. The summed E-state index contributed by atoms with van der Waals surface area (Å²) in [6, 6.07) is 0. The van der Waals surface area contributed by atoms with Crippen molar-refractivity contribution in [1.29, 1.82) is 0 Å². The van der Waals surface area contributed by atoms with Crippen molar-refractivity contribution < 1.29 is 24.5 Å². The van der Waals surface area contributed by atoms with Crippen molar-refractivity contribution in [2.75, 3.05) is 0 Å². The summed E-state index contributed by atoms with van der Waals surface area (Å²) < 4.78 is 5.98. The number of carbonyl (C=O) groups excluding carboxylic acids is 2. The summed E-state index contributed by atoms with van der Waals surface area (Å²) in [6.07, 6.45) is 3.60. The van der Waals surface area contributed by atoms with Crippen molar-refractivity contribution >= 4 is 11.9 Å². The Morgan fingerprint density at radius 3 is 2.83 bits per heavy atom. The maximum Gasteiger partial charge on any atom is 0.315 e. The van der Waals surface area contributed by atoms with E-state index in [-0.39, 0.29) is 5.92 Å². The average Bonchev–Trinajstić information content (AvgIpc) is 2.98. The Hall–Kier alpha value is -1.36. The number of fused-ring (bicyclic) bond motifs is 1. The fourth-order valence-electron chi connectivity index (χ4n) is 7.64. The Morgan fingerprint density at radius 2 is 2.12 bits per heavy atom. The second kappa shape index (κ2) is 4.06. The van der Waals surface area contributed by atoms with E-state index in [9.17, 15) is 19.8 Å². The zero-order valence-electron chi connectivity index (χ0n) is 13.9. The average molecular weight is 331 g/mol. The van der Waals surface area contributed by atoms with Gasteiger partial charge in [0.25, 0.3) is 0 Å². The number of ether oxygens (including phenoxy) is 1. The van der Waals surface area contributed by atoms with Crippen LogP contribution in [0.15, 0.2) is 12.2 Å². The quantitative estimate of drug-likeness (QED) is 0.567. The number of esters is 1. The highest BCUT2D eigenvalue weighted by Crippen LogP contribution is 2.77. The molecule has 4 bridgehead atoms. The first-order valence-electron chi connectivity index (χ1n) is 9.07. The SMILES string of the molecule is C=C1C[C@]23C[C@H]1CC[C@H]2[C@@]12CC[C@H](O)[C@@](C)(C(=O)O1)[C@H]2[C@@H]3C(=O)[O-]. The van der Waals surface area contributed by atoms with Crippen LogP contribution in [0.25, 0.3) is 0 Å². The molecule has 5 nitrogen and oxygen atoms in total. The van der Waals surface area contributed by atoms with Gasteiger partial charge in [-0.2, -0.15) is 0 Å². The lowest BCUT2D eigenvalue weighted by atomic mass is 9.59. The van der Waals surface area contributed by atoms with Crippen LogP contribution in [0.3, 0.4) is 0 Å². The van der Waals surface area contributed by atoms with Crippen LogP contribution in [0.5, 0.6) is 0 Å². The number of hydrogen-bond donors (Lipinski definition) is 1. The molecular formula is C19H23O5-. The number of aliphatic hydroxyl groups is 1. The first kappa shape index (κ1) is 14.9. The minimum Gasteiger partial charge on any atom is -0.550 e. The Morgan fingerprint density at radius 1 is 1.38 bits per heavy atom. The normalized spacial score (nSPS) is 57.5. The smallest absolute Gasteiger partial charge is 0.315 e. The third kappa shape index (κ3) is 1.29. The highest BCUT2D eigenvalue weighted by atomic mass is 16.6. The number of hydrogen-bond acceptors (Lipinski definition) is 5. The lowest BCUT2D eigenvalue weighted by Crippen LogP contribution is -2.54. The molecule has 1 spiro atoms. The zero-order valence-corrected chi connectivity index (χ0v) is 13.9. The second-order valence-electron chi connectivity index (χ2n) is 9.06. The van der Waals surface area contributed by atoms with Crippen LogP contribution in [-0.2, 0) is 14.3 Å². The van der Waals surface area contributed by atoms with E-state index in [1.54, 1.807) is 6.92 Å². The van der Waals surface area contributed by atoms with Gasteiger partial charge in [0.05, 0.1) is 11.5 Å².